The van der Waals surface area contributed by atoms with Gasteiger partial charge < -0.3 is 9.47 Å². The Bertz CT molecular complexity index is 1030. The lowest BCUT2D eigenvalue weighted by molar-refractivity contribution is -0.140. The van der Waals surface area contributed by atoms with E-state index in [0.29, 0.717) is 22.1 Å². The van der Waals surface area contributed by atoms with Gasteiger partial charge in [-0.25, -0.2) is 9.59 Å². The van der Waals surface area contributed by atoms with Gasteiger partial charge in [0.15, 0.2) is 0 Å². The minimum atomic E-state index is -0.730. The number of carbonyl (C=O) groups excluding carboxylic acids is 2. The molecule has 0 radical (unpaired) electrons. The van der Waals surface area contributed by atoms with Crippen molar-refractivity contribution in [3.8, 4) is 0 Å². The van der Waals surface area contributed by atoms with Gasteiger partial charge in [0.2, 0.25) is 0 Å². The van der Waals surface area contributed by atoms with Gasteiger partial charge in [0, 0.05) is 16.9 Å². The van der Waals surface area contributed by atoms with Gasteiger partial charge in [-0.3, -0.25) is 0 Å². The van der Waals surface area contributed by atoms with E-state index in [0.717, 1.165) is 22.3 Å². The van der Waals surface area contributed by atoms with Crippen LogP contribution >= 0.6 is 11.8 Å². The number of hydrogen-bond acceptors (Lipinski definition) is 5. The number of hydrogen-bond donors (Lipinski definition) is 0. The van der Waals surface area contributed by atoms with E-state index in [1.54, 1.807) is 0 Å². The average molecular weight is 435 g/mol. The fourth-order valence-corrected chi connectivity index (χ4v) is 7.39. The van der Waals surface area contributed by atoms with Gasteiger partial charge in [-0.05, 0) is 35.1 Å². The summed E-state index contributed by atoms with van der Waals surface area (Å²) in [6.07, 6.45) is 4.92. The average Bonchev–Trinajstić information content (AvgIpc) is 3.35. The number of carbonyl (C=O) groups is 2. The summed E-state index contributed by atoms with van der Waals surface area (Å²) in [5.41, 5.74) is 4.54. The molecular formula is C26H26O4S. The summed E-state index contributed by atoms with van der Waals surface area (Å²) in [6, 6.07) is 16.5. The van der Waals surface area contributed by atoms with Crippen molar-refractivity contribution in [1.82, 2.24) is 0 Å². The predicted octanol–water partition coefficient (Wildman–Crippen LogP) is 4.75. The van der Waals surface area contributed by atoms with Crippen LogP contribution in [0.5, 0.6) is 0 Å². The van der Waals surface area contributed by atoms with Crippen LogP contribution in [0.4, 0.5) is 0 Å². The highest BCUT2D eigenvalue weighted by Crippen LogP contribution is 2.60. The van der Waals surface area contributed by atoms with Gasteiger partial charge in [0.25, 0.3) is 0 Å². The quantitative estimate of drug-likeness (QED) is 0.636. The van der Waals surface area contributed by atoms with Crippen LogP contribution in [-0.4, -0.2) is 37.2 Å². The van der Waals surface area contributed by atoms with Gasteiger partial charge in [-0.1, -0.05) is 61.4 Å². The Morgan fingerprint density at radius 1 is 0.903 bits per heavy atom. The number of ether oxygens (including phenoxy) is 2. The van der Waals surface area contributed by atoms with Crippen LogP contribution in [-0.2, 0) is 24.5 Å². The van der Waals surface area contributed by atoms with Gasteiger partial charge >= 0.3 is 11.9 Å². The molecule has 6 rings (SSSR count). The van der Waals surface area contributed by atoms with E-state index in [1.165, 1.54) is 39.9 Å². The molecule has 0 unspecified atom stereocenters. The molecular weight excluding hydrogens is 408 g/mol. The maximum Gasteiger partial charge on any atom is 0.335 e. The molecule has 1 saturated carbocycles. The Morgan fingerprint density at radius 3 is 2.00 bits per heavy atom. The summed E-state index contributed by atoms with van der Waals surface area (Å²) in [4.78, 5) is 26.4. The van der Waals surface area contributed by atoms with Crippen molar-refractivity contribution in [3.05, 3.63) is 81.9 Å². The number of methoxy groups -OCH3 is 2. The first-order valence-electron chi connectivity index (χ1n) is 10.8. The number of thioether (sulfide) groups is 1. The molecule has 2 aromatic carbocycles. The molecule has 1 fully saturated rings. The second-order valence-corrected chi connectivity index (χ2v) is 9.79. The Balaban J connectivity index is 1.81. The van der Waals surface area contributed by atoms with Crippen molar-refractivity contribution >= 4 is 23.7 Å². The molecule has 4 nitrogen and oxygen atoms in total. The highest BCUT2D eigenvalue weighted by molar-refractivity contribution is 8.00. The Kier molecular flexibility index (Phi) is 5.17. The molecule has 160 valence electrons. The molecule has 0 amide bonds. The highest BCUT2D eigenvalue weighted by Gasteiger charge is 2.57. The second-order valence-electron chi connectivity index (χ2n) is 8.50. The van der Waals surface area contributed by atoms with Crippen molar-refractivity contribution in [1.29, 1.82) is 0 Å². The van der Waals surface area contributed by atoms with Crippen molar-refractivity contribution in [2.45, 2.75) is 42.3 Å². The van der Waals surface area contributed by atoms with Crippen LogP contribution in [0.3, 0.4) is 0 Å². The van der Waals surface area contributed by atoms with E-state index in [9.17, 15) is 9.59 Å². The molecule has 2 bridgehead atoms. The molecule has 0 heterocycles. The van der Waals surface area contributed by atoms with Gasteiger partial charge in [0.05, 0.1) is 30.8 Å². The van der Waals surface area contributed by atoms with Crippen molar-refractivity contribution in [2.24, 2.45) is 0 Å². The van der Waals surface area contributed by atoms with Crippen molar-refractivity contribution in [3.63, 3.8) is 0 Å². The van der Waals surface area contributed by atoms with E-state index in [-0.39, 0.29) is 5.92 Å². The van der Waals surface area contributed by atoms with Crippen LogP contribution in [0.25, 0.3) is 0 Å². The topological polar surface area (TPSA) is 52.6 Å². The molecule has 4 aliphatic rings. The molecule has 0 aromatic heterocycles. The summed E-state index contributed by atoms with van der Waals surface area (Å²) >= 11 is 1.92. The lowest BCUT2D eigenvalue weighted by Gasteiger charge is -2.50. The summed E-state index contributed by atoms with van der Waals surface area (Å²) in [7, 11) is 2.77. The predicted molar refractivity (Wildman–Crippen MR) is 121 cm³/mol. The molecule has 0 spiro atoms. The first kappa shape index (κ1) is 20.4. The lowest BCUT2D eigenvalue weighted by Crippen LogP contribution is -2.48. The van der Waals surface area contributed by atoms with E-state index < -0.39 is 17.4 Å². The van der Waals surface area contributed by atoms with Crippen LogP contribution in [0.1, 0.15) is 53.9 Å². The van der Waals surface area contributed by atoms with Gasteiger partial charge in [-0.15, -0.1) is 0 Å². The minimum Gasteiger partial charge on any atom is -0.466 e. The zero-order chi connectivity index (χ0) is 21.6. The largest absolute Gasteiger partial charge is 0.466 e. The Morgan fingerprint density at radius 2 is 1.45 bits per heavy atom. The smallest absolute Gasteiger partial charge is 0.335 e. The zero-order valence-corrected chi connectivity index (χ0v) is 18.7. The molecule has 0 N–H and O–H groups in total. The minimum absolute atomic E-state index is 0.327. The maximum absolute atomic E-state index is 13.3. The SMILES string of the molecule is COC(=O)C1=C(C(=O)OC)C2(CSC3CCCC3)c3ccccc3C1c1ccccc12. The fourth-order valence-electron chi connectivity index (χ4n) is 5.78. The third kappa shape index (κ3) is 2.89. The van der Waals surface area contributed by atoms with Gasteiger partial charge in [0.1, 0.15) is 0 Å². The third-order valence-electron chi connectivity index (χ3n) is 7.08. The molecule has 0 aliphatic heterocycles. The molecule has 5 heteroatoms. The lowest BCUT2D eigenvalue weighted by atomic mass is 9.53. The van der Waals surface area contributed by atoms with E-state index >= 15 is 0 Å². The van der Waals surface area contributed by atoms with E-state index in [1.807, 2.05) is 36.0 Å². The van der Waals surface area contributed by atoms with Crippen molar-refractivity contribution < 1.29 is 19.1 Å². The van der Waals surface area contributed by atoms with E-state index in [4.69, 9.17) is 9.47 Å². The molecule has 31 heavy (non-hydrogen) atoms. The first-order chi connectivity index (χ1) is 15.1. The molecule has 0 saturated heterocycles. The second kappa shape index (κ2) is 7.86. The highest BCUT2D eigenvalue weighted by atomic mass is 32.2. The van der Waals surface area contributed by atoms with Crippen LogP contribution < -0.4 is 0 Å². The van der Waals surface area contributed by atoms with Crippen LogP contribution in [0.2, 0.25) is 0 Å². The van der Waals surface area contributed by atoms with Crippen LogP contribution in [0, 0.1) is 0 Å². The number of benzene rings is 2. The van der Waals surface area contributed by atoms with Crippen molar-refractivity contribution in [2.75, 3.05) is 20.0 Å². The Labute approximate surface area is 187 Å². The first-order valence-corrected chi connectivity index (χ1v) is 11.9. The molecule has 4 aliphatic carbocycles. The summed E-state index contributed by atoms with van der Waals surface area (Å²) in [5.74, 6) is -0.526. The van der Waals surface area contributed by atoms with Crippen LogP contribution in [0.15, 0.2) is 59.7 Å². The monoisotopic (exact) mass is 434 g/mol. The summed E-state index contributed by atoms with van der Waals surface area (Å²) in [5, 5.41) is 0.578. The maximum atomic E-state index is 13.3. The van der Waals surface area contributed by atoms with E-state index in [2.05, 4.69) is 24.3 Å². The Hall–Kier alpha value is -2.53. The summed E-state index contributed by atoms with van der Waals surface area (Å²) < 4.78 is 10.5. The zero-order valence-electron chi connectivity index (χ0n) is 17.9. The number of esters is 2. The fraction of sp³-hybridized carbons (Fsp3) is 0.385. The third-order valence-corrected chi connectivity index (χ3v) is 8.62. The normalized spacial score (nSPS) is 24.0. The summed E-state index contributed by atoms with van der Waals surface area (Å²) in [6.45, 7) is 0. The molecule has 2 aromatic rings. The standard InChI is InChI=1S/C26H26O4S/c1-29-24(27)22-21-17-11-5-7-13-19(17)26(23(22)25(28)30-2,15-31-16-9-3-4-10-16)20-14-8-6-12-18(20)21/h5-8,11-14,16,21H,3-4,9-10,15H2,1-2H3. The van der Waals surface area contributed by atoms with Gasteiger partial charge in [-0.2, -0.15) is 11.8 Å². The number of rotatable bonds is 5. The molecule has 0 atom stereocenters.